The normalized spacial score (nSPS) is 49.4. The van der Waals surface area contributed by atoms with Crippen molar-refractivity contribution in [3.8, 4) is 0 Å². The summed E-state index contributed by atoms with van der Waals surface area (Å²) in [5.41, 5.74) is 1.35. The highest BCUT2D eigenvalue weighted by Crippen LogP contribution is 2.68. The van der Waals surface area contributed by atoms with Gasteiger partial charge in [-0.3, -0.25) is 0 Å². The molecule has 0 aromatic rings. The number of hydrogen-bond acceptors (Lipinski definition) is 0. The molecule has 4 aliphatic carbocycles. The van der Waals surface area contributed by atoms with Gasteiger partial charge in [0.25, 0.3) is 0 Å². The molecule has 0 radical (unpaired) electrons. The molecule has 0 spiro atoms. The third-order valence-corrected chi connectivity index (χ3v) is 11.2. The Morgan fingerprint density at radius 3 is 2.21 bits per heavy atom. The van der Waals surface area contributed by atoms with Gasteiger partial charge in [0, 0.05) is 0 Å². The lowest BCUT2D eigenvalue weighted by Gasteiger charge is -2.62. The van der Waals surface area contributed by atoms with Crippen LogP contribution in [0.4, 0.5) is 0 Å². The van der Waals surface area contributed by atoms with Gasteiger partial charge in [0.15, 0.2) is 0 Å². The first kappa shape index (κ1) is 21.2. The summed E-state index contributed by atoms with van der Waals surface area (Å²) < 4.78 is 0. The van der Waals surface area contributed by atoms with Gasteiger partial charge in [0.2, 0.25) is 0 Å². The third-order valence-electron chi connectivity index (χ3n) is 11.2. The average molecular weight is 387 g/mol. The van der Waals surface area contributed by atoms with Gasteiger partial charge in [-0.1, -0.05) is 73.6 Å². The maximum Gasteiger partial charge on any atom is -0.0264 e. The topological polar surface area (TPSA) is 0 Å². The molecular formula is C28H50. The molecule has 0 aliphatic heterocycles. The summed E-state index contributed by atoms with van der Waals surface area (Å²) in [6, 6.07) is 0. The van der Waals surface area contributed by atoms with Crippen LogP contribution in [0.3, 0.4) is 0 Å². The second kappa shape index (κ2) is 7.92. The molecule has 4 aliphatic rings. The molecular weight excluding hydrogens is 336 g/mol. The van der Waals surface area contributed by atoms with Crippen molar-refractivity contribution in [2.24, 2.45) is 58.2 Å². The summed E-state index contributed by atoms with van der Waals surface area (Å²) >= 11 is 0. The number of fused-ring (bicyclic) bond motifs is 5. The van der Waals surface area contributed by atoms with Crippen LogP contribution in [0.5, 0.6) is 0 Å². The highest BCUT2D eigenvalue weighted by atomic mass is 14.7. The van der Waals surface area contributed by atoms with Gasteiger partial charge in [-0.05, 0) is 103 Å². The highest BCUT2D eigenvalue weighted by Gasteiger charge is 2.60. The van der Waals surface area contributed by atoms with Crippen LogP contribution in [0, 0.1) is 58.2 Å². The Morgan fingerprint density at radius 1 is 0.750 bits per heavy atom. The minimum absolute atomic E-state index is 0.669. The van der Waals surface area contributed by atoms with Crippen LogP contribution in [0.1, 0.15) is 119 Å². The van der Waals surface area contributed by atoms with Crippen LogP contribution >= 0.6 is 0 Å². The van der Waals surface area contributed by atoms with E-state index in [0.29, 0.717) is 10.8 Å². The summed E-state index contributed by atoms with van der Waals surface area (Å²) in [7, 11) is 0. The number of hydrogen-bond donors (Lipinski definition) is 0. The summed E-state index contributed by atoms with van der Waals surface area (Å²) in [5.74, 6) is 8.06. The van der Waals surface area contributed by atoms with E-state index in [0.717, 1.165) is 47.3 Å². The summed E-state index contributed by atoms with van der Waals surface area (Å²) in [4.78, 5) is 0. The summed E-state index contributed by atoms with van der Waals surface area (Å²) in [6.07, 6.45) is 18.3. The van der Waals surface area contributed by atoms with E-state index in [4.69, 9.17) is 0 Å². The smallest absolute Gasteiger partial charge is 0.0264 e. The lowest BCUT2D eigenvalue weighted by Crippen LogP contribution is -2.54. The Balaban J connectivity index is 1.47. The van der Waals surface area contributed by atoms with Gasteiger partial charge < -0.3 is 0 Å². The van der Waals surface area contributed by atoms with Gasteiger partial charge >= 0.3 is 0 Å². The van der Waals surface area contributed by atoms with E-state index in [1.54, 1.807) is 44.9 Å². The van der Waals surface area contributed by atoms with Gasteiger partial charge in [-0.15, -0.1) is 0 Å². The molecule has 0 aromatic carbocycles. The standard InChI is InChI=1S/C28H50/c1-19(2)9-7-10-20(3)24-14-15-25-22-12-13-23-21(4)11-8-17-27(23,5)26(22)16-18-28(24,25)6/h19-26H,7-18H2,1-6H3/t20-,21+,22+,23?,24-,25+,26+,27+,28-/m1/s1. The highest BCUT2D eigenvalue weighted by molar-refractivity contribution is 5.09. The molecule has 0 N–H and O–H groups in total. The second-order valence-corrected chi connectivity index (χ2v) is 13.0. The minimum Gasteiger partial charge on any atom is -0.0628 e. The number of rotatable bonds is 5. The third kappa shape index (κ3) is 3.41. The zero-order valence-electron chi connectivity index (χ0n) is 20.1. The summed E-state index contributed by atoms with van der Waals surface area (Å²) in [6.45, 7) is 15.5. The van der Waals surface area contributed by atoms with Crippen LogP contribution in [0.15, 0.2) is 0 Å². The average Bonchev–Trinajstić information content (AvgIpc) is 2.98. The van der Waals surface area contributed by atoms with Crippen LogP contribution in [-0.2, 0) is 0 Å². The molecule has 0 bridgehead atoms. The fourth-order valence-corrected chi connectivity index (χ4v) is 9.82. The van der Waals surface area contributed by atoms with Crippen LogP contribution < -0.4 is 0 Å². The fraction of sp³-hybridized carbons (Fsp3) is 1.00. The van der Waals surface area contributed by atoms with Gasteiger partial charge in [-0.25, -0.2) is 0 Å². The quantitative estimate of drug-likeness (QED) is 0.443. The Kier molecular flexibility index (Phi) is 6.01. The van der Waals surface area contributed by atoms with Gasteiger partial charge in [0.05, 0.1) is 0 Å². The SMILES string of the molecule is CC(C)CCC[C@@H](C)[C@H]1CC[C@H]2[C@@H]3CCC4[C@@H](C)CCC[C@]4(C)[C@H]3CC[C@]12C. The maximum atomic E-state index is 2.75. The maximum absolute atomic E-state index is 2.75. The van der Waals surface area contributed by atoms with E-state index in [2.05, 4.69) is 41.5 Å². The van der Waals surface area contributed by atoms with E-state index in [9.17, 15) is 0 Å². The largest absolute Gasteiger partial charge is 0.0628 e. The van der Waals surface area contributed by atoms with Crippen molar-refractivity contribution in [3.63, 3.8) is 0 Å². The first-order chi connectivity index (χ1) is 13.3. The van der Waals surface area contributed by atoms with E-state index in [1.165, 1.54) is 32.1 Å². The molecule has 0 nitrogen and oxygen atoms in total. The lowest BCUT2D eigenvalue weighted by atomic mass is 9.43. The van der Waals surface area contributed by atoms with Crippen molar-refractivity contribution < 1.29 is 0 Å². The van der Waals surface area contributed by atoms with Crippen molar-refractivity contribution >= 4 is 0 Å². The molecule has 4 rings (SSSR count). The van der Waals surface area contributed by atoms with Crippen molar-refractivity contribution in [2.75, 3.05) is 0 Å². The van der Waals surface area contributed by atoms with Crippen molar-refractivity contribution in [1.29, 1.82) is 0 Å². The Hall–Kier alpha value is 0. The zero-order chi connectivity index (χ0) is 20.1. The first-order valence-corrected chi connectivity index (χ1v) is 13.3. The molecule has 28 heavy (non-hydrogen) atoms. The molecule has 0 saturated heterocycles. The summed E-state index contributed by atoms with van der Waals surface area (Å²) in [5, 5.41) is 0. The monoisotopic (exact) mass is 386 g/mol. The molecule has 4 fully saturated rings. The molecule has 1 unspecified atom stereocenters. The lowest BCUT2D eigenvalue weighted by molar-refractivity contribution is -0.127. The predicted octanol–water partition coefficient (Wildman–Crippen LogP) is 8.74. The molecule has 0 aromatic heterocycles. The first-order valence-electron chi connectivity index (χ1n) is 13.3. The van der Waals surface area contributed by atoms with Gasteiger partial charge in [-0.2, -0.15) is 0 Å². The second-order valence-electron chi connectivity index (χ2n) is 13.0. The minimum atomic E-state index is 0.669. The molecule has 0 heterocycles. The van der Waals surface area contributed by atoms with E-state index in [1.807, 2.05) is 0 Å². The fourth-order valence-electron chi connectivity index (χ4n) is 9.82. The molecule has 9 atom stereocenters. The van der Waals surface area contributed by atoms with Crippen LogP contribution in [-0.4, -0.2) is 0 Å². The predicted molar refractivity (Wildman–Crippen MR) is 122 cm³/mol. The van der Waals surface area contributed by atoms with E-state index >= 15 is 0 Å². The molecule has 0 amide bonds. The Bertz CT molecular complexity index is 534. The Morgan fingerprint density at radius 2 is 1.46 bits per heavy atom. The zero-order valence-corrected chi connectivity index (χ0v) is 20.1. The molecule has 4 saturated carbocycles. The molecule has 162 valence electrons. The van der Waals surface area contributed by atoms with Crippen LogP contribution in [0.2, 0.25) is 0 Å². The molecule has 0 heteroatoms. The van der Waals surface area contributed by atoms with Crippen molar-refractivity contribution in [1.82, 2.24) is 0 Å². The van der Waals surface area contributed by atoms with Crippen molar-refractivity contribution in [3.05, 3.63) is 0 Å². The Labute approximate surface area is 177 Å². The van der Waals surface area contributed by atoms with E-state index in [-0.39, 0.29) is 0 Å². The van der Waals surface area contributed by atoms with Crippen molar-refractivity contribution in [2.45, 2.75) is 119 Å². The van der Waals surface area contributed by atoms with E-state index < -0.39 is 0 Å². The van der Waals surface area contributed by atoms with Gasteiger partial charge in [0.1, 0.15) is 0 Å². The van der Waals surface area contributed by atoms with Crippen LogP contribution in [0.25, 0.3) is 0 Å².